The summed E-state index contributed by atoms with van der Waals surface area (Å²) in [7, 11) is 0. The molecule has 1 aliphatic rings. The quantitative estimate of drug-likeness (QED) is 0.0745. The fourth-order valence-electron chi connectivity index (χ4n) is 8.30. The first-order valence-electron chi connectivity index (χ1n) is 23.3. The van der Waals surface area contributed by atoms with Crippen molar-refractivity contribution in [3.63, 3.8) is 0 Å². The van der Waals surface area contributed by atoms with Crippen LogP contribution in [-0.2, 0) is 16.0 Å². The molecule has 2 nitrogen and oxygen atoms in total. The summed E-state index contributed by atoms with van der Waals surface area (Å²) in [5.74, 6) is 25.9. The average Bonchev–Trinajstić information content (AvgIpc) is 3.39. The number of rotatable bonds is 5. The van der Waals surface area contributed by atoms with E-state index in [2.05, 4.69) is 133 Å². The van der Waals surface area contributed by atoms with Crippen molar-refractivity contribution in [2.45, 2.75) is 45.1 Å². The van der Waals surface area contributed by atoms with Gasteiger partial charge in [0.15, 0.2) is 0 Å². The molecule has 2 heteroatoms. The lowest BCUT2D eigenvalue weighted by atomic mass is 9.82. The highest BCUT2D eigenvalue weighted by Crippen LogP contribution is 2.41. The van der Waals surface area contributed by atoms with Crippen molar-refractivity contribution >= 4 is 27.5 Å². The Labute approximate surface area is 400 Å². The molecule has 0 aromatic heterocycles. The predicted molar refractivity (Wildman–Crippen MR) is 280 cm³/mol. The molecule has 9 aromatic rings. The predicted octanol–water partition coefficient (Wildman–Crippen LogP) is 14.7. The number of benzene rings is 9. The van der Waals surface area contributed by atoms with Crippen molar-refractivity contribution in [2.75, 3.05) is 0 Å². The third-order valence-electron chi connectivity index (χ3n) is 11.8. The van der Waals surface area contributed by atoms with Gasteiger partial charge in [0.05, 0.1) is 0 Å². The van der Waals surface area contributed by atoms with Gasteiger partial charge in [-0.2, -0.15) is 0 Å². The van der Waals surface area contributed by atoms with Crippen LogP contribution in [0.2, 0.25) is 0 Å². The zero-order valence-corrected chi connectivity index (χ0v) is 38.1. The van der Waals surface area contributed by atoms with Crippen molar-refractivity contribution in [3.8, 4) is 58.5 Å². The SMILES string of the molecule is C(#Cc1ccc2c(ccc3cc(C#Cc4ccccc4)ccc32)c1)c1ccccc1.CCCCCC(=O)OC1Cc2cc(C#Cc3ccccc3)ccc2-c2ccc(C#Cc3ccccc3)cc21. The van der Waals surface area contributed by atoms with Crippen LogP contribution in [0.25, 0.3) is 32.7 Å². The minimum absolute atomic E-state index is 0.140. The first-order valence-corrected chi connectivity index (χ1v) is 23.3. The molecule has 1 aliphatic carbocycles. The minimum atomic E-state index is -0.345. The number of hydrogen-bond donors (Lipinski definition) is 0. The van der Waals surface area contributed by atoms with Crippen LogP contribution in [-0.4, -0.2) is 5.97 Å². The van der Waals surface area contributed by atoms with Gasteiger partial charge < -0.3 is 4.74 Å². The molecular formula is C66H48O2. The van der Waals surface area contributed by atoms with E-state index < -0.39 is 0 Å². The number of hydrogen-bond acceptors (Lipinski definition) is 2. The molecule has 0 fully saturated rings. The molecule has 0 amide bonds. The van der Waals surface area contributed by atoms with E-state index in [0.717, 1.165) is 86.0 Å². The Morgan fingerprint density at radius 2 is 0.824 bits per heavy atom. The van der Waals surface area contributed by atoms with E-state index in [4.69, 9.17) is 4.74 Å². The molecule has 0 N–H and O–H groups in total. The van der Waals surface area contributed by atoms with E-state index in [-0.39, 0.29) is 12.1 Å². The second-order valence-corrected chi connectivity index (χ2v) is 16.7. The molecule has 68 heavy (non-hydrogen) atoms. The third-order valence-corrected chi connectivity index (χ3v) is 11.8. The maximum atomic E-state index is 12.8. The van der Waals surface area contributed by atoms with Crippen LogP contribution < -0.4 is 0 Å². The maximum Gasteiger partial charge on any atom is 0.306 e. The molecule has 1 atom stereocenters. The zero-order valence-electron chi connectivity index (χ0n) is 38.1. The van der Waals surface area contributed by atoms with Crippen LogP contribution in [0, 0.1) is 47.4 Å². The van der Waals surface area contributed by atoms with Crippen LogP contribution in [0.5, 0.6) is 0 Å². The molecule has 0 spiro atoms. The lowest BCUT2D eigenvalue weighted by Crippen LogP contribution is -2.18. The first-order chi connectivity index (χ1) is 33.5. The Hall–Kier alpha value is -8.79. The molecule has 0 heterocycles. The number of carbonyl (C=O) groups is 1. The second-order valence-electron chi connectivity index (χ2n) is 16.7. The largest absolute Gasteiger partial charge is 0.457 e. The van der Waals surface area contributed by atoms with Gasteiger partial charge in [-0.3, -0.25) is 4.79 Å². The molecule has 0 saturated carbocycles. The molecule has 1 unspecified atom stereocenters. The monoisotopic (exact) mass is 872 g/mol. The number of fused-ring (bicyclic) bond motifs is 6. The molecule has 0 saturated heterocycles. The molecule has 0 aliphatic heterocycles. The summed E-state index contributed by atoms with van der Waals surface area (Å²) in [6.45, 7) is 2.13. The van der Waals surface area contributed by atoms with Gasteiger partial charge >= 0.3 is 5.97 Å². The van der Waals surface area contributed by atoms with Gasteiger partial charge in [0.1, 0.15) is 6.10 Å². The van der Waals surface area contributed by atoms with Gasteiger partial charge in [-0.15, -0.1) is 0 Å². The Morgan fingerprint density at radius 1 is 0.426 bits per heavy atom. The minimum Gasteiger partial charge on any atom is -0.457 e. The summed E-state index contributed by atoms with van der Waals surface area (Å²) in [6.07, 6.45) is 3.68. The molecule has 324 valence electrons. The number of ether oxygens (including phenoxy) is 1. The lowest BCUT2D eigenvalue weighted by molar-refractivity contribution is -0.149. The number of esters is 1. The topological polar surface area (TPSA) is 26.3 Å². The van der Waals surface area contributed by atoms with Gasteiger partial charge in [-0.05, 0) is 142 Å². The van der Waals surface area contributed by atoms with Crippen LogP contribution in [0.3, 0.4) is 0 Å². The Bertz CT molecular complexity index is 3370. The first kappa shape index (κ1) is 44.4. The number of carbonyl (C=O) groups excluding carboxylic acids is 1. The Kier molecular flexibility index (Phi) is 14.3. The van der Waals surface area contributed by atoms with E-state index in [1.807, 2.05) is 127 Å². The van der Waals surface area contributed by atoms with Crippen molar-refractivity contribution in [3.05, 3.63) is 262 Å². The fourth-order valence-corrected chi connectivity index (χ4v) is 8.30. The highest BCUT2D eigenvalue weighted by molar-refractivity contribution is 6.08. The van der Waals surface area contributed by atoms with E-state index in [9.17, 15) is 4.79 Å². The second kappa shape index (κ2) is 21.9. The molecule has 0 bridgehead atoms. The summed E-state index contributed by atoms with van der Waals surface area (Å²) in [5, 5.41) is 4.87. The molecular weight excluding hydrogens is 825 g/mol. The van der Waals surface area contributed by atoms with Crippen LogP contribution >= 0.6 is 0 Å². The van der Waals surface area contributed by atoms with E-state index in [1.54, 1.807) is 0 Å². The van der Waals surface area contributed by atoms with Gasteiger partial charge in [0.25, 0.3) is 0 Å². The van der Waals surface area contributed by atoms with Crippen LogP contribution in [0.15, 0.2) is 206 Å². The summed E-state index contributed by atoms with van der Waals surface area (Å²) < 4.78 is 6.09. The van der Waals surface area contributed by atoms with E-state index >= 15 is 0 Å². The van der Waals surface area contributed by atoms with E-state index in [1.165, 1.54) is 21.5 Å². The molecule has 0 radical (unpaired) electrons. The van der Waals surface area contributed by atoms with Gasteiger partial charge in [0.2, 0.25) is 0 Å². The van der Waals surface area contributed by atoms with Crippen molar-refractivity contribution in [2.24, 2.45) is 0 Å². The summed E-state index contributed by atoms with van der Waals surface area (Å²) in [4.78, 5) is 12.8. The van der Waals surface area contributed by atoms with Crippen molar-refractivity contribution in [1.29, 1.82) is 0 Å². The van der Waals surface area contributed by atoms with Crippen molar-refractivity contribution < 1.29 is 9.53 Å². The third kappa shape index (κ3) is 11.5. The summed E-state index contributed by atoms with van der Waals surface area (Å²) in [5.41, 5.74) is 12.3. The maximum absolute atomic E-state index is 12.8. The highest BCUT2D eigenvalue weighted by Gasteiger charge is 2.28. The van der Waals surface area contributed by atoms with Crippen LogP contribution in [0.4, 0.5) is 0 Å². The van der Waals surface area contributed by atoms with Gasteiger partial charge in [0, 0.05) is 62.9 Å². The zero-order chi connectivity index (χ0) is 46.3. The van der Waals surface area contributed by atoms with Crippen LogP contribution in [0.1, 0.15) is 94.3 Å². The van der Waals surface area contributed by atoms with E-state index in [0.29, 0.717) is 12.8 Å². The Morgan fingerprint density at radius 3 is 1.28 bits per heavy atom. The molecule has 10 rings (SSSR count). The van der Waals surface area contributed by atoms with Gasteiger partial charge in [-0.25, -0.2) is 0 Å². The van der Waals surface area contributed by atoms with Gasteiger partial charge in [-0.1, -0.05) is 176 Å². The fraction of sp³-hybridized carbons (Fsp3) is 0.106. The summed E-state index contributed by atoms with van der Waals surface area (Å²) in [6, 6.07) is 69.9. The lowest BCUT2D eigenvalue weighted by Gasteiger charge is -2.28. The smallest absolute Gasteiger partial charge is 0.306 e. The number of unbranched alkanes of at least 4 members (excludes halogenated alkanes) is 2. The van der Waals surface area contributed by atoms with Crippen molar-refractivity contribution in [1.82, 2.24) is 0 Å². The normalized spacial score (nSPS) is 11.8. The molecule has 9 aromatic carbocycles. The standard InChI is InChI=1S/C36H30O2.C30H18/c1-2-3-6-15-36(37)38-35-26-31-24-29(18-16-27-11-7-4-8-12-27)20-22-32(31)33-23-21-30(25-34(33)35)19-17-28-13-9-5-10-14-28;1-3-7-23(8-4-1)11-13-25-15-19-29-27(21-25)17-18-28-22-26(16-20-30(28)29)14-12-24-9-5-2-6-10-24/h4-5,7-14,20-25,35H,2-3,6,15,26H2,1H3;1-10,15-22H. The average molecular weight is 873 g/mol. The summed E-state index contributed by atoms with van der Waals surface area (Å²) >= 11 is 0. The highest BCUT2D eigenvalue weighted by atomic mass is 16.5. The Balaban J connectivity index is 0.000000174.